The van der Waals surface area contributed by atoms with Gasteiger partial charge in [0.05, 0.1) is 16.8 Å². The topological polar surface area (TPSA) is 64.6 Å². The molecule has 0 unspecified atom stereocenters. The van der Waals surface area contributed by atoms with E-state index in [0.717, 1.165) is 15.8 Å². The quantitative estimate of drug-likeness (QED) is 0.740. The van der Waals surface area contributed by atoms with E-state index >= 15 is 0 Å². The van der Waals surface area contributed by atoms with Gasteiger partial charge in [0.25, 0.3) is 0 Å². The number of rotatable bonds is 3. The molecular weight excluding hydrogens is 314 g/mol. The SMILES string of the molecule is CC(=O)N(Cc1cccnc1)c1nc2cc3c(cc2s1)OCO3. The summed E-state index contributed by atoms with van der Waals surface area (Å²) in [7, 11) is 0. The Labute approximate surface area is 136 Å². The second-order valence-electron chi connectivity index (χ2n) is 5.14. The number of nitrogens with zero attached hydrogens (tertiary/aromatic N) is 3. The van der Waals surface area contributed by atoms with Crippen LogP contribution in [0.2, 0.25) is 0 Å². The van der Waals surface area contributed by atoms with Crippen molar-refractivity contribution in [2.45, 2.75) is 13.5 Å². The number of anilines is 1. The van der Waals surface area contributed by atoms with Crippen LogP contribution in [0.3, 0.4) is 0 Å². The summed E-state index contributed by atoms with van der Waals surface area (Å²) in [6.07, 6.45) is 3.46. The molecule has 0 saturated carbocycles. The van der Waals surface area contributed by atoms with Crippen LogP contribution < -0.4 is 14.4 Å². The van der Waals surface area contributed by atoms with Crippen LogP contribution in [0.25, 0.3) is 10.2 Å². The standard InChI is InChI=1S/C16H13N3O3S/c1-10(20)19(8-11-3-2-4-17-7-11)16-18-12-5-13-14(22-9-21-13)6-15(12)23-16/h2-7H,8-9H2,1H3. The molecule has 0 fully saturated rings. The highest BCUT2D eigenvalue weighted by atomic mass is 32.1. The Hall–Kier alpha value is -2.67. The number of amides is 1. The molecule has 3 heterocycles. The molecule has 0 radical (unpaired) electrons. The third kappa shape index (κ3) is 2.59. The molecule has 116 valence electrons. The van der Waals surface area contributed by atoms with Gasteiger partial charge in [-0.3, -0.25) is 14.7 Å². The fourth-order valence-corrected chi connectivity index (χ4v) is 3.43. The van der Waals surface area contributed by atoms with E-state index in [4.69, 9.17) is 9.47 Å². The fourth-order valence-electron chi connectivity index (χ4n) is 2.41. The minimum atomic E-state index is -0.0621. The zero-order chi connectivity index (χ0) is 15.8. The summed E-state index contributed by atoms with van der Waals surface area (Å²) >= 11 is 1.46. The minimum Gasteiger partial charge on any atom is -0.454 e. The van der Waals surface area contributed by atoms with Crippen molar-refractivity contribution in [3.05, 3.63) is 42.2 Å². The highest BCUT2D eigenvalue weighted by molar-refractivity contribution is 7.22. The van der Waals surface area contributed by atoms with Gasteiger partial charge in [0.2, 0.25) is 12.7 Å². The van der Waals surface area contributed by atoms with Gasteiger partial charge >= 0.3 is 0 Å². The number of benzene rings is 1. The molecular formula is C16H13N3O3S. The molecule has 6 nitrogen and oxygen atoms in total. The molecule has 0 atom stereocenters. The Morgan fingerprint density at radius 1 is 1.35 bits per heavy atom. The van der Waals surface area contributed by atoms with Gasteiger partial charge in [0.15, 0.2) is 16.6 Å². The van der Waals surface area contributed by atoms with Gasteiger partial charge in [-0.2, -0.15) is 0 Å². The Morgan fingerprint density at radius 3 is 2.91 bits per heavy atom. The van der Waals surface area contributed by atoms with E-state index in [0.29, 0.717) is 23.2 Å². The Morgan fingerprint density at radius 2 is 2.17 bits per heavy atom. The maximum Gasteiger partial charge on any atom is 0.231 e. The van der Waals surface area contributed by atoms with E-state index in [9.17, 15) is 4.79 Å². The predicted octanol–water partition coefficient (Wildman–Crippen LogP) is 2.97. The lowest BCUT2D eigenvalue weighted by atomic mass is 10.2. The lowest BCUT2D eigenvalue weighted by molar-refractivity contribution is -0.116. The van der Waals surface area contributed by atoms with Gasteiger partial charge in [-0.1, -0.05) is 17.4 Å². The van der Waals surface area contributed by atoms with E-state index in [-0.39, 0.29) is 12.7 Å². The molecule has 0 bridgehead atoms. The molecule has 0 N–H and O–H groups in total. The Kier molecular flexibility index (Phi) is 3.34. The summed E-state index contributed by atoms with van der Waals surface area (Å²) in [6.45, 7) is 2.21. The first-order valence-corrected chi connectivity index (χ1v) is 7.89. The normalized spacial score (nSPS) is 12.6. The lowest BCUT2D eigenvalue weighted by Gasteiger charge is -2.17. The van der Waals surface area contributed by atoms with E-state index in [2.05, 4.69) is 9.97 Å². The second kappa shape index (κ2) is 5.51. The van der Waals surface area contributed by atoms with Gasteiger partial charge in [-0.25, -0.2) is 4.98 Å². The molecule has 1 amide bonds. The average molecular weight is 327 g/mol. The average Bonchev–Trinajstić information content (AvgIpc) is 3.16. The number of hydrogen-bond acceptors (Lipinski definition) is 6. The van der Waals surface area contributed by atoms with Crippen LogP contribution in [0.15, 0.2) is 36.7 Å². The summed E-state index contributed by atoms with van der Waals surface area (Å²) in [5.41, 5.74) is 1.75. The minimum absolute atomic E-state index is 0.0621. The number of hydrogen-bond donors (Lipinski definition) is 0. The zero-order valence-electron chi connectivity index (χ0n) is 12.4. The van der Waals surface area contributed by atoms with Gasteiger partial charge in [-0.15, -0.1) is 0 Å². The summed E-state index contributed by atoms with van der Waals surface area (Å²) < 4.78 is 11.7. The first-order chi connectivity index (χ1) is 11.2. The molecule has 0 saturated heterocycles. The second-order valence-corrected chi connectivity index (χ2v) is 6.15. The van der Waals surface area contributed by atoms with Crippen LogP contribution in [0.4, 0.5) is 5.13 Å². The van der Waals surface area contributed by atoms with Crippen molar-refractivity contribution < 1.29 is 14.3 Å². The van der Waals surface area contributed by atoms with Crippen molar-refractivity contribution in [3.8, 4) is 11.5 Å². The van der Waals surface area contributed by atoms with E-state index in [1.54, 1.807) is 17.3 Å². The molecule has 1 aliphatic rings. The predicted molar refractivity (Wildman–Crippen MR) is 86.8 cm³/mol. The lowest BCUT2D eigenvalue weighted by Crippen LogP contribution is -2.27. The van der Waals surface area contributed by atoms with Crippen LogP contribution in [-0.4, -0.2) is 22.7 Å². The van der Waals surface area contributed by atoms with Crippen LogP contribution >= 0.6 is 11.3 Å². The van der Waals surface area contributed by atoms with Crippen molar-refractivity contribution in [2.24, 2.45) is 0 Å². The first kappa shape index (κ1) is 14.0. The molecule has 7 heteroatoms. The largest absolute Gasteiger partial charge is 0.454 e. The van der Waals surface area contributed by atoms with E-state index < -0.39 is 0 Å². The van der Waals surface area contributed by atoms with Gasteiger partial charge in [0.1, 0.15) is 0 Å². The van der Waals surface area contributed by atoms with Gasteiger partial charge in [0, 0.05) is 31.5 Å². The number of carbonyl (C=O) groups is 1. The van der Waals surface area contributed by atoms with Crippen molar-refractivity contribution in [1.29, 1.82) is 0 Å². The third-order valence-corrected chi connectivity index (χ3v) is 4.59. The van der Waals surface area contributed by atoms with Crippen molar-refractivity contribution in [1.82, 2.24) is 9.97 Å². The monoisotopic (exact) mass is 327 g/mol. The van der Waals surface area contributed by atoms with Crippen molar-refractivity contribution in [2.75, 3.05) is 11.7 Å². The van der Waals surface area contributed by atoms with Crippen LogP contribution in [0.5, 0.6) is 11.5 Å². The summed E-state index contributed by atoms with van der Waals surface area (Å²) in [5, 5.41) is 0.653. The fraction of sp³-hybridized carbons (Fsp3) is 0.188. The third-order valence-electron chi connectivity index (χ3n) is 3.55. The molecule has 1 aliphatic heterocycles. The van der Waals surface area contributed by atoms with Crippen LogP contribution in [-0.2, 0) is 11.3 Å². The number of thiazole rings is 1. The maximum atomic E-state index is 12.0. The molecule has 0 aliphatic carbocycles. The number of fused-ring (bicyclic) bond motifs is 2. The van der Waals surface area contributed by atoms with Gasteiger partial charge in [-0.05, 0) is 11.6 Å². The zero-order valence-corrected chi connectivity index (χ0v) is 13.2. The summed E-state index contributed by atoms with van der Waals surface area (Å²) in [6, 6.07) is 7.54. The molecule has 23 heavy (non-hydrogen) atoms. The smallest absolute Gasteiger partial charge is 0.231 e. The first-order valence-electron chi connectivity index (χ1n) is 7.08. The van der Waals surface area contributed by atoms with Crippen LogP contribution in [0.1, 0.15) is 12.5 Å². The highest BCUT2D eigenvalue weighted by Crippen LogP contribution is 2.39. The van der Waals surface area contributed by atoms with Crippen molar-refractivity contribution >= 4 is 32.6 Å². The Balaban J connectivity index is 1.71. The highest BCUT2D eigenvalue weighted by Gasteiger charge is 2.20. The van der Waals surface area contributed by atoms with Gasteiger partial charge < -0.3 is 9.47 Å². The van der Waals surface area contributed by atoms with Crippen LogP contribution in [0, 0.1) is 0 Å². The Bertz CT molecular complexity index is 838. The summed E-state index contributed by atoms with van der Waals surface area (Å²) in [4.78, 5) is 22.4. The number of pyridine rings is 1. The van der Waals surface area contributed by atoms with Crippen molar-refractivity contribution in [3.63, 3.8) is 0 Å². The maximum absolute atomic E-state index is 12.0. The number of ether oxygens (including phenoxy) is 2. The number of carbonyl (C=O) groups excluding carboxylic acids is 1. The number of aromatic nitrogens is 2. The molecule has 4 rings (SSSR count). The van der Waals surface area contributed by atoms with E-state index in [1.807, 2.05) is 24.3 Å². The molecule has 2 aromatic heterocycles. The molecule has 3 aromatic rings. The summed E-state index contributed by atoms with van der Waals surface area (Å²) in [5.74, 6) is 1.35. The molecule has 1 aromatic carbocycles. The molecule has 0 spiro atoms. The van der Waals surface area contributed by atoms with E-state index in [1.165, 1.54) is 18.3 Å².